The van der Waals surface area contributed by atoms with Crippen molar-refractivity contribution in [1.29, 1.82) is 0 Å². The summed E-state index contributed by atoms with van der Waals surface area (Å²) in [5.74, 6) is -0.430. The van der Waals surface area contributed by atoms with Crippen LogP contribution in [0.3, 0.4) is 0 Å². The molecule has 2 atom stereocenters. The third-order valence-electron chi connectivity index (χ3n) is 5.15. The highest BCUT2D eigenvalue weighted by molar-refractivity contribution is 14.1. The second-order valence-corrected chi connectivity index (χ2v) is 8.94. The molecule has 0 spiro atoms. The number of imide groups is 1. The lowest BCUT2D eigenvalue weighted by atomic mass is 9.84. The smallest absolute Gasteiger partial charge is 0.261 e. The molecule has 1 aliphatic rings. The maximum Gasteiger partial charge on any atom is 0.261 e. The van der Waals surface area contributed by atoms with Crippen molar-refractivity contribution in [3.05, 3.63) is 55.8 Å². The number of carbonyl (C=O) groups is 2. The first-order chi connectivity index (χ1) is 13.3. The van der Waals surface area contributed by atoms with E-state index in [0.717, 1.165) is 12.8 Å². The molecule has 2 amide bonds. The Bertz CT molecular complexity index is 921. The van der Waals surface area contributed by atoms with Gasteiger partial charge in [-0.05, 0) is 71.3 Å². The van der Waals surface area contributed by atoms with Gasteiger partial charge in [-0.15, -0.1) is 0 Å². The van der Waals surface area contributed by atoms with E-state index in [1.807, 2.05) is 6.92 Å². The number of carbonyl (C=O) groups excluding carboxylic acids is 2. The van der Waals surface area contributed by atoms with Crippen molar-refractivity contribution < 1.29 is 18.7 Å². The van der Waals surface area contributed by atoms with Crippen molar-refractivity contribution in [3.63, 3.8) is 0 Å². The van der Waals surface area contributed by atoms with Gasteiger partial charge >= 0.3 is 0 Å². The van der Waals surface area contributed by atoms with Crippen LogP contribution in [-0.4, -0.2) is 23.3 Å². The van der Waals surface area contributed by atoms with Gasteiger partial charge in [-0.2, -0.15) is 0 Å². The number of hydrogen-bond donors (Lipinski definition) is 0. The number of ether oxygens (including phenoxy) is 1. The number of nitrogens with zero attached hydrogens (tertiary/aromatic N) is 1. The first-order valence-electron chi connectivity index (χ1n) is 9.10. The van der Waals surface area contributed by atoms with Gasteiger partial charge in [0.2, 0.25) is 5.91 Å². The average Bonchev–Trinajstić information content (AvgIpc) is 2.67. The lowest BCUT2D eigenvalue weighted by Gasteiger charge is -2.34. The Morgan fingerprint density at radius 1 is 1.32 bits per heavy atom. The third-order valence-corrected chi connectivity index (χ3v) is 6.58. The second-order valence-electron chi connectivity index (χ2n) is 6.86. The van der Waals surface area contributed by atoms with Crippen LogP contribution in [-0.2, 0) is 4.79 Å². The van der Waals surface area contributed by atoms with Gasteiger partial charge in [0.05, 0.1) is 5.56 Å². The third kappa shape index (κ3) is 4.40. The number of amides is 2. The summed E-state index contributed by atoms with van der Waals surface area (Å²) in [6.45, 7) is 4.37. The molecule has 3 rings (SSSR count). The van der Waals surface area contributed by atoms with Crippen molar-refractivity contribution in [2.45, 2.75) is 26.7 Å². The lowest BCUT2D eigenvalue weighted by molar-refractivity contribution is -0.137. The summed E-state index contributed by atoms with van der Waals surface area (Å²) in [5.41, 5.74) is 0.381. The summed E-state index contributed by atoms with van der Waals surface area (Å²) < 4.78 is 21.0. The minimum atomic E-state index is -0.508. The van der Waals surface area contributed by atoms with Crippen LogP contribution in [0.4, 0.5) is 4.39 Å². The molecule has 1 aliphatic heterocycles. The molecule has 2 unspecified atom stereocenters. The highest BCUT2D eigenvalue weighted by Crippen LogP contribution is 2.31. The van der Waals surface area contributed by atoms with Gasteiger partial charge in [0, 0.05) is 20.5 Å². The van der Waals surface area contributed by atoms with Gasteiger partial charge in [-0.1, -0.05) is 36.2 Å². The molecule has 4 nitrogen and oxygen atoms in total. The van der Waals surface area contributed by atoms with Gasteiger partial charge in [0.1, 0.15) is 5.75 Å². The highest BCUT2D eigenvalue weighted by atomic mass is 127. The van der Waals surface area contributed by atoms with E-state index < -0.39 is 5.82 Å². The standard InChI is InChI=1S/C21H20BrFINO3/c1-3-13-8-9-25(20(26)12(13)2)21(27)16-11-15(5-6-18(16)24)28-19-7-4-14(22)10-17(19)23/h4-7,10-13H,3,8-9H2,1-2H3. The lowest BCUT2D eigenvalue weighted by Crippen LogP contribution is -2.47. The number of likely N-dealkylation sites (tertiary alicyclic amines) is 1. The largest absolute Gasteiger partial charge is 0.454 e. The first kappa shape index (κ1) is 21.2. The van der Waals surface area contributed by atoms with E-state index in [9.17, 15) is 14.0 Å². The Morgan fingerprint density at radius 2 is 2.07 bits per heavy atom. The van der Waals surface area contributed by atoms with E-state index >= 15 is 0 Å². The minimum absolute atomic E-state index is 0.0660. The molecule has 0 aromatic heterocycles. The summed E-state index contributed by atoms with van der Waals surface area (Å²) >= 11 is 5.27. The maximum atomic E-state index is 14.1. The monoisotopic (exact) mass is 559 g/mol. The van der Waals surface area contributed by atoms with Crippen molar-refractivity contribution >= 4 is 50.3 Å². The van der Waals surface area contributed by atoms with E-state index in [1.54, 1.807) is 24.3 Å². The Labute approximate surface area is 185 Å². The zero-order chi connectivity index (χ0) is 20.4. The molecule has 1 fully saturated rings. The second kappa shape index (κ2) is 8.90. The summed E-state index contributed by atoms with van der Waals surface area (Å²) in [5, 5.41) is 0. The quantitative estimate of drug-likeness (QED) is 0.340. The van der Waals surface area contributed by atoms with E-state index in [4.69, 9.17) is 4.74 Å². The summed E-state index contributed by atoms with van der Waals surface area (Å²) in [6.07, 6.45) is 1.74. The molecular formula is C21H20BrFINO3. The first-order valence-corrected chi connectivity index (χ1v) is 11.0. The van der Waals surface area contributed by atoms with Crippen molar-refractivity contribution in [2.24, 2.45) is 11.8 Å². The molecule has 7 heteroatoms. The number of hydrogen-bond acceptors (Lipinski definition) is 3. The van der Waals surface area contributed by atoms with E-state index in [2.05, 4.69) is 45.4 Å². The minimum Gasteiger partial charge on any atom is -0.454 e. The molecule has 1 heterocycles. The molecule has 1 saturated heterocycles. The van der Waals surface area contributed by atoms with Crippen LogP contribution in [0.1, 0.15) is 37.0 Å². The van der Waals surface area contributed by atoms with Gasteiger partial charge in [-0.25, -0.2) is 4.39 Å². The van der Waals surface area contributed by atoms with Crippen LogP contribution in [0.2, 0.25) is 0 Å². The molecule has 0 N–H and O–H groups in total. The molecule has 148 valence electrons. The van der Waals surface area contributed by atoms with Gasteiger partial charge in [-0.3, -0.25) is 14.5 Å². The van der Waals surface area contributed by atoms with Gasteiger partial charge < -0.3 is 4.74 Å². The zero-order valence-corrected chi connectivity index (χ0v) is 19.3. The van der Waals surface area contributed by atoms with Gasteiger partial charge in [0.15, 0.2) is 11.6 Å². The van der Waals surface area contributed by atoms with Crippen LogP contribution in [0.15, 0.2) is 40.9 Å². The summed E-state index contributed by atoms with van der Waals surface area (Å²) in [7, 11) is 0. The molecule has 0 aliphatic carbocycles. The number of rotatable bonds is 4. The van der Waals surface area contributed by atoms with Crippen LogP contribution >= 0.6 is 38.5 Å². The van der Waals surface area contributed by atoms with Crippen LogP contribution in [0.25, 0.3) is 0 Å². The fourth-order valence-electron chi connectivity index (χ4n) is 3.42. The topological polar surface area (TPSA) is 46.6 Å². The predicted molar refractivity (Wildman–Crippen MR) is 117 cm³/mol. The van der Waals surface area contributed by atoms with Crippen molar-refractivity contribution in [2.75, 3.05) is 6.54 Å². The molecular weight excluding hydrogens is 540 g/mol. The maximum absolute atomic E-state index is 14.1. The summed E-state index contributed by atoms with van der Waals surface area (Å²) in [4.78, 5) is 27.1. The highest BCUT2D eigenvalue weighted by Gasteiger charge is 2.36. The van der Waals surface area contributed by atoms with Crippen LogP contribution in [0.5, 0.6) is 11.5 Å². The summed E-state index contributed by atoms with van der Waals surface area (Å²) in [6, 6.07) is 9.47. The van der Waals surface area contributed by atoms with Crippen molar-refractivity contribution in [1.82, 2.24) is 4.90 Å². The predicted octanol–water partition coefficient (Wildman–Crippen LogP) is 6.02. The fraction of sp³-hybridized carbons (Fsp3) is 0.333. The molecule has 28 heavy (non-hydrogen) atoms. The number of piperidine rings is 1. The van der Waals surface area contributed by atoms with E-state index in [-0.39, 0.29) is 23.5 Å². The van der Waals surface area contributed by atoms with Crippen molar-refractivity contribution in [3.8, 4) is 11.5 Å². The Hall–Kier alpha value is -1.48. The zero-order valence-electron chi connectivity index (χ0n) is 15.5. The molecule has 2 aromatic rings. The average molecular weight is 560 g/mol. The van der Waals surface area contributed by atoms with Gasteiger partial charge in [0.25, 0.3) is 5.91 Å². The normalized spacial score (nSPS) is 19.6. The fourth-order valence-corrected chi connectivity index (χ4v) is 4.32. The van der Waals surface area contributed by atoms with E-state index in [1.165, 1.54) is 17.0 Å². The Balaban J connectivity index is 1.85. The molecule has 0 radical (unpaired) electrons. The Kier molecular flexibility index (Phi) is 6.75. The Morgan fingerprint density at radius 3 is 2.75 bits per heavy atom. The molecule has 0 saturated carbocycles. The van der Waals surface area contributed by atoms with E-state index in [0.29, 0.717) is 31.8 Å². The number of benzene rings is 2. The van der Waals surface area contributed by atoms with Crippen LogP contribution < -0.4 is 4.74 Å². The number of halogens is 3. The SMILES string of the molecule is CCC1CCN(C(=O)c2cc(Oc3ccc(Br)cc3F)ccc2I)C(=O)C1C. The van der Waals surface area contributed by atoms with Crippen LogP contribution in [0, 0.1) is 21.2 Å². The molecule has 2 aromatic carbocycles. The molecule has 0 bridgehead atoms.